The van der Waals surface area contributed by atoms with E-state index in [0.717, 1.165) is 6.42 Å². The van der Waals surface area contributed by atoms with Crippen molar-refractivity contribution in [3.8, 4) is 0 Å². The zero-order chi connectivity index (χ0) is 15.8. The van der Waals surface area contributed by atoms with Gasteiger partial charge in [0, 0.05) is 13.1 Å². The van der Waals surface area contributed by atoms with E-state index < -0.39 is 16.0 Å². The first-order chi connectivity index (χ1) is 9.73. The Morgan fingerprint density at radius 2 is 2.10 bits per heavy atom. The van der Waals surface area contributed by atoms with E-state index >= 15 is 0 Å². The fourth-order valence-electron chi connectivity index (χ4n) is 2.50. The summed E-state index contributed by atoms with van der Waals surface area (Å²) < 4.78 is 26.6. The Hall–Kier alpha value is -1.11. The molecule has 0 aliphatic carbocycles. The van der Waals surface area contributed by atoms with Crippen molar-refractivity contribution >= 4 is 27.6 Å². The van der Waals surface area contributed by atoms with Gasteiger partial charge in [-0.25, -0.2) is 13.2 Å². The monoisotopic (exact) mass is 331 g/mol. The molecule has 0 saturated carbocycles. The third-order valence-electron chi connectivity index (χ3n) is 3.94. The van der Waals surface area contributed by atoms with E-state index in [2.05, 4.69) is 13.8 Å². The molecule has 1 N–H and O–H groups in total. The summed E-state index contributed by atoms with van der Waals surface area (Å²) >= 11 is 5.85. The number of carboxylic acid groups (broad SMARTS) is 1. The van der Waals surface area contributed by atoms with Crippen LogP contribution < -0.4 is 0 Å². The molecule has 0 aromatic heterocycles. The molecule has 1 unspecified atom stereocenters. The average Bonchev–Trinajstić information content (AvgIpc) is 2.88. The summed E-state index contributed by atoms with van der Waals surface area (Å²) in [6, 6.07) is 3.74. The highest BCUT2D eigenvalue weighted by molar-refractivity contribution is 7.89. The molecule has 0 amide bonds. The van der Waals surface area contributed by atoms with E-state index in [4.69, 9.17) is 16.7 Å². The minimum atomic E-state index is -3.61. The summed E-state index contributed by atoms with van der Waals surface area (Å²) in [5.41, 5.74) is -0.0999. The Morgan fingerprint density at radius 3 is 2.57 bits per heavy atom. The first kappa shape index (κ1) is 16.3. The zero-order valence-corrected chi connectivity index (χ0v) is 13.5. The van der Waals surface area contributed by atoms with Crippen molar-refractivity contribution in [2.24, 2.45) is 11.8 Å². The van der Waals surface area contributed by atoms with Crippen molar-refractivity contribution in [3.63, 3.8) is 0 Å². The van der Waals surface area contributed by atoms with Crippen LogP contribution in [0.15, 0.2) is 23.1 Å². The van der Waals surface area contributed by atoms with Crippen LogP contribution in [0.1, 0.15) is 30.6 Å². The van der Waals surface area contributed by atoms with Crippen molar-refractivity contribution in [1.82, 2.24) is 4.31 Å². The van der Waals surface area contributed by atoms with Crippen LogP contribution in [-0.4, -0.2) is 36.9 Å². The fraction of sp³-hybridized carbons (Fsp3) is 0.500. The minimum Gasteiger partial charge on any atom is -0.478 e. The molecule has 116 valence electrons. The van der Waals surface area contributed by atoms with E-state index in [0.29, 0.717) is 24.9 Å². The second kappa shape index (κ2) is 5.94. The first-order valence-electron chi connectivity index (χ1n) is 6.76. The molecule has 21 heavy (non-hydrogen) atoms. The van der Waals surface area contributed by atoms with Gasteiger partial charge in [0.15, 0.2) is 0 Å². The minimum absolute atomic E-state index is 0.0434. The molecule has 1 aromatic carbocycles. The SMILES string of the molecule is CC(C)C1CCN(S(=O)(=O)c2ccc(C(=O)O)c(Cl)c2)C1. The van der Waals surface area contributed by atoms with Gasteiger partial charge in [-0.3, -0.25) is 0 Å². The van der Waals surface area contributed by atoms with E-state index in [1.807, 2.05) is 0 Å². The largest absolute Gasteiger partial charge is 0.478 e. The molecule has 7 heteroatoms. The summed E-state index contributed by atoms with van der Waals surface area (Å²) in [6.45, 7) is 5.15. The second-order valence-electron chi connectivity index (χ2n) is 5.60. The maximum atomic E-state index is 12.6. The molecule has 1 heterocycles. The smallest absolute Gasteiger partial charge is 0.337 e. The third kappa shape index (κ3) is 3.22. The Kier molecular flexibility index (Phi) is 4.60. The summed E-state index contributed by atoms with van der Waals surface area (Å²) in [6.07, 6.45) is 0.845. The summed E-state index contributed by atoms with van der Waals surface area (Å²) in [5, 5.41) is 8.86. The van der Waals surface area contributed by atoms with Crippen molar-refractivity contribution in [2.75, 3.05) is 13.1 Å². The van der Waals surface area contributed by atoms with Crippen molar-refractivity contribution < 1.29 is 18.3 Å². The first-order valence-corrected chi connectivity index (χ1v) is 8.58. The second-order valence-corrected chi connectivity index (χ2v) is 7.95. The molecule has 2 rings (SSSR count). The Bertz CT molecular complexity index is 657. The normalized spacial score (nSPS) is 20.1. The number of rotatable bonds is 4. The van der Waals surface area contributed by atoms with E-state index in [9.17, 15) is 13.2 Å². The van der Waals surface area contributed by atoms with E-state index in [1.165, 1.54) is 22.5 Å². The molecule has 0 spiro atoms. The summed E-state index contributed by atoms with van der Waals surface area (Å²) in [5.74, 6) is -0.387. The predicted molar refractivity (Wildman–Crippen MR) is 80.1 cm³/mol. The lowest BCUT2D eigenvalue weighted by Gasteiger charge is -2.18. The number of nitrogens with zero attached hydrogens (tertiary/aromatic N) is 1. The fourth-order valence-corrected chi connectivity index (χ4v) is 4.36. The van der Waals surface area contributed by atoms with Gasteiger partial charge >= 0.3 is 5.97 Å². The Labute approximate surface area is 129 Å². The van der Waals surface area contributed by atoms with Gasteiger partial charge in [-0.1, -0.05) is 25.4 Å². The molecule has 1 atom stereocenters. The maximum Gasteiger partial charge on any atom is 0.337 e. The number of carboxylic acids is 1. The van der Waals surface area contributed by atoms with Crippen LogP contribution in [0.5, 0.6) is 0 Å². The van der Waals surface area contributed by atoms with Crippen molar-refractivity contribution in [2.45, 2.75) is 25.2 Å². The average molecular weight is 332 g/mol. The molecule has 1 saturated heterocycles. The number of hydrogen-bond donors (Lipinski definition) is 1. The van der Waals surface area contributed by atoms with Crippen molar-refractivity contribution in [3.05, 3.63) is 28.8 Å². The van der Waals surface area contributed by atoms with Crippen LogP contribution in [0.4, 0.5) is 0 Å². The standard InChI is InChI=1S/C14H18ClNO4S/c1-9(2)10-5-6-16(8-10)21(19,20)11-3-4-12(14(17)18)13(15)7-11/h3-4,7,9-10H,5-6,8H2,1-2H3,(H,17,18). The number of halogens is 1. The van der Waals surface area contributed by atoms with Gasteiger partial charge in [-0.2, -0.15) is 4.31 Å². The third-order valence-corrected chi connectivity index (χ3v) is 6.11. The predicted octanol–water partition coefficient (Wildman–Crippen LogP) is 2.70. The zero-order valence-electron chi connectivity index (χ0n) is 11.9. The van der Waals surface area contributed by atoms with Gasteiger partial charge in [0.25, 0.3) is 0 Å². The molecular weight excluding hydrogens is 314 g/mol. The van der Waals surface area contributed by atoms with Gasteiger partial charge in [0.05, 0.1) is 15.5 Å². The highest BCUT2D eigenvalue weighted by atomic mass is 35.5. The van der Waals surface area contributed by atoms with Crippen LogP contribution in [0.3, 0.4) is 0 Å². The van der Waals surface area contributed by atoms with Crippen LogP contribution in [0.2, 0.25) is 5.02 Å². The van der Waals surface area contributed by atoms with Gasteiger partial charge in [0.1, 0.15) is 0 Å². The van der Waals surface area contributed by atoms with Crippen LogP contribution >= 0.6 is 11.6 Å². The van der Waals surface area contributed by atoms with Gasteiger partial charge in [0.2, 0.25) is 10.0 Å². The Morgan fingerprint density at radius 1 is 1.43 bits per heavy atom. The van der Waals surface area contributed by atoms with Crippen molar-refractivity contribution in [1.29, 1.82) is 0 Å². The quantitative estimate of drug-likeness (QED) is 0.920. The lowest BCUT2D eigenvalue weighted by atomic mass is 9.96. The van der Waals surface area contributed by atoms with Gasteiger partial charge in [-0.15, -0.1) is 0 Å². The molecular formula is C14H18ClNO4S. The number of sulfonamides is 1. The molecule has 1 aliphatic rings. The lowest BCUT2D eigenvalue weighted by Crippen LogP contribution is -2.29. The van der Waals surface area contributed by atoms with Crippen LogP contribution in [0, 0.1) is 11.8 Å². The summed E-state index contributed by atoms with van der Waals surface area (Å²) in [7, 11) is -3.61. The Balaban J connectivity index is 2.29. The molecule has 0 radical (unpaired) electrons. The van der Waals surface area contributed by atoms with Gasteiger partial charge < -0.3 is 5.11 Å². The number of carbonyl (C=O) groups is 1. The molecule has 0 bridgehead atoms. The molecule has 5 nitrogen and oxygen atoms in total. The molecule has 1 aliphatic heterocycles. The number of aromatic carboxylic acids is 1. The maximum absolute atomic E-state index is 12.6. The number of benzene rings is 1. The molecule has 1 aromatic rings. The molecule has 1 fully saturated rings. The van der Waals surface area contributed by atoms with Gasteiger partial charge in [-0.05, 0) is 36.5 Å². The van der Waals surface area contributed by atoms with E-state index in [-0.39, 0.29) is 15.5 Å². The highest BCUT2D eigenvalue weighted by Crippen LogP contribution is 2.30. The van der Waals surface area contributed by atoms with Crippen LogP contribution in [-0.2, 0) is 10.0 Å². The van der Waals surface area contributed by atoms with E-state index in [1.54, 1.807) is 0 Å². The van der Waals surface area contributed by atoms with Crippen LogP contribution in [0.25, 0.3) is 0 Å². The summed E-state index contributed by atoms with van der Waals surface area (Å²) in [4.78, 5) is 11.0. The lowest BCUT2D eigenvalue weighted by molar-refractivity contribution is 0.0697. The highest BCUT2D eigenvalue weighted by Gasteiger charge is 2.34. The number of hydrogen-bond acceptors (Lipinski definition) is 3. The topological polar surface area (TPSA) is 74.7 Å².